The summed E-state index contributed by atoms with van der Waals surface area (Å²) >= 11 is 6.01. The van der Waals surface area contributed by atoms with Crippen molar-refractivity contribution in [3.05, 3.63) is 58.9 Å². The molecule has 3 rings (SSSR count). The maximum absolute atomic E-state index is 13.1. The van der Waals surface area contributed by atoms with Gasteiger partial charge in [-0.3, -0.25) is 4.79 Å². The number of nitrogens with zero attached hydrogens (tertiary/aromatic N) is 1. The molecule has 1 heterocycles. The van der Waals surface area contributed by atoms with Crippen molar-refractivity contribution < 1.29 is 13.9 Å². The molecule has 0 N–H and O–H groups in total. The highest BCUT2D eigenvalue weighted by Crippen LogP contribution is 2.33. The molecule has 0 bridgehead atoms. The Kier molecular flexibility index (Phi) is 3.32. The van der Waals surface area contributed by atoms with Gasteiger partial charge >= 0.3 is 0 Å². The van der Waals surface area contributed by atoms with Gasteiger partial charge in [0.1, 0.15) is 11.6 Å². The van der Waals surface area contributed by atoms with E-state index >= 15 is 0 Å². The lowest BCUT2D eigenvalue weighted by Gasteiger charge is -2.29. The predicted octanol–water partition coefficient (Wildman–Crippen LogP) is 3.40. The number of anilines is 1. The molecule has 20 heavy (non-hydrogen) atoms. The number of halogens is 2. The highest BCUT2D eigenvalue weighted by molar-refractivity contribution is 6.31. The molecular weight excluding hydrogens is 281 g/mol. The van der Waals surface area contributed by atoms with Crippen LogP contribution >= 0.6 is 11.6 Å². The summed E-state index contributed by atoms with van der Waals surface area (Å²) in [5.74, 6) is 0.113. The minimum absolute atomic E-state index is 0.00414. The second-order valence-electron chi connectivity index (χ2n) is 4.47. The van der Waals surface area contributed by atoms with Crippen LogP contribution in [0.2, 0.25) is 5.02 Å². The van der Waals surface area contributed by atoms with Gasteiger partial charge in [-0.05, 0) is 29.8 Å². The zero-order valence-electron chi connectivity index (χ0n) is 10.5. The standard InChI is InChI=1S/C15H11ClFNO2/c16-12-7-11(17)6-5-10(12)8-18-13-3-1-2-4-14(13)20-9-15(18)19/h1-7H,8-9H2. The first-order valence-electron chi connectivity index (χ1n) is 6.11. The molecule has 0 fully saturated rings. The molecule has 0 radical (unpaired) electrons. The Labute approximate surface area is 120 Å². The van der Waals surface area contributed by atoms with E-state index < -0.39 is 5.82 Å². The molecule has 1 aliphatic rings. The first-order valence-corrected chi connectivity index (χ1v) is 6.49. The molecule has 2 aromatic carbocycles. The number of ether oxygens (including phenoxy) is 1. The molecular formula is C15H11ClFNO2. The summed E-state index contributed by atoms with van der Waals surface area (Å²) < 4.78 is 18.4. The Bertz CT molecular complexity index is 675. The SMILES string of the molecule is O=C1COc2ccccc2N1Cc1ccc(F)cc1Cl. The highest BCUT2D eigenvalue weighted by atomic mass is 35.5. The summed E-state index contributed by atoms with van der Waals surface area (Å²) in [6, 6.07) is 11.5. The number of hydrogen-bond donors (Lipinski definition) is 0. The van der Waals surface area contributed by atoms with Crippen LogP contribution in [-0.4, -0.2) is 12.5 Å². The molecule has 5 heteroatoms. The minimum Gasteiger partial charge on any atom is -0.482 e. The van der Waals surface area contributed by atoms with Crippen LogP contribution in [0.3, 0.4) is 0 Å². The molecule has 3 nitrogen and oxygen atoms in total. The van der Waals surface area contributed by atoms with Crippen LogP contribution in [0.4, 0.5) is 10.1 Å². The lowest BCUT2D eigenvalue weighted by molar-refractivity contribution is -0.121. The number of carbonyl (C=O) groups is 1. The fourth-order valence-electron chi connectivity index (χ4n) is 2.15. The predicted molar refractivity (Wildman–Crippen MR) is 74.5 cm³/mol. The van der Waals surface area contributed by atoms with E-state index in [2.05, 4.69) is 0 Å². The van der Waals surface area contributed by atoms with Crippen LogP contribution in [0.15, 0.2) is 42.5 Å². The van der Waals surface area contributed by atoms with E-state index in [0.29, 0.717) is 22.0 Å². The summed E-state index contributed by atoms with van der Waals surface area (Å²) in [5, 5.41) is 0.307. The molecule has 0 saturated carbocycles. The zero-order valence-corrected chi connectivity index (χ0v) is 11.2. The van der Waals surface area contributed by atoms with Gasteiger partial charge in [-0.15, -0.1) is 0 Å². The minimum atomic E-state index is -0.396. The third kappa shape index (κ3) is 2.34. The van der Waals surface area contributed by atoms with Crippen molar-refractivity contribution in [1.29, 1.82) is 0 Å². The van der Waals surface area contributed by atoms with Crippen molar-refractivity contribution >= 4 is 23.2 Å². The van der Waals surface area contributed by atoms with Gasteiger partial charge in [0.15, 0.2) is 6.61 Å². The fraction of sp³-hybridized carbons (Fsp3) is 0.133. The number of rotatable bonds is 2. The third-order valence-corrected chi connectivity index (χ3v) is 3.50. The van der Waals surface area contributed by atoms with Crippen LogP contribution in [0.5, 0.6) is 5.75 Å². The Morgan fingerprint density at radius 3 is 2.85 bits per heavy atom. The molecule has 0 spiro atoms. The summed E-state index contributed by atoms with van der Waals surface area (Å²) in [6.07, 6.45) is 0. The number of amides is 1. The first-order chi connectivity index (χ1) is 9.65. The quantitative estimate of drug-likeness (QED) is 0.849. The van der Waals surface area contributed by atoms with Crippen LogP contribution in [0.1, 0.15) is 5.56 Å². The fourth-order valence-corrected chi connectivity index (χ4v) is 2.37. The monoisotopic (exact) mass is 291 g/mol. The number of hydrogen-bond acceptors (Lipinski definition) is 2. The van der Waals surface area contributed by atoms with Gasteiger partial charge in [-0.2, -0.15) is 0 Å². The molecule has 0 aliphatic carbocycles. The van der Waals surface area contributed by atoms with E-state index in [1.54, 1.807) is 17.0 Å². The van der Waals surface area contributed by atoms with Crippen molar-refractivity contribution in [3.63, 3.8) is 0 Å². The summed E-state index contributed by atoms with van der Waals surface area (Å²) in [4.78, 5) is 13.6. The van der Waals surface area contributed by atoms with E-state index in [1.165, 1.54) is 12.1 Å². The van der Waals surface area contributed by atoms with E-state index in [1.807, 2.05) is 18.2 Å². The Morgan fingerprint density at radius 1 is 1.25 bits per heavy atom. The maximum atomic E-state index is 13.1. The van der Waals surface area contributed by atoms with E-state index in [4.69, 9.17) is 16.3 Å². The average Bonchev–Trinajstić information content (AvgIpc) is 2.44. The summed E-state index contributed by atoms with van der Waals surface area (Å²) in [7, 11) is 0. The van der Waals surface area contributed by atoms with Crippen LogP contribution in [0.25, 0.3) is 0 Å². The topological polar surface area (TPSA) is 29.5 Å². The van der Waals surface area contributed by atoms with Crippen molar-refractivity contribution in [1.82, 2.24) is 0 Å². The number of para-hydroxylation sites is 2. The lowest BCUT2D eigenvalue weighted by atomic mass is 10.1. The molecule has 0 saturated heterocycles. The lowest BCUT2D eigenvalue weighted by Crippen LogP contribution is -2.38. The van der Waals surface area contributed by atoms with Crippen molar-refractivity contribution in [2.24, 2.45) is 0 Å². The maximum Gasteiger partial charge on any atom is 0.265 e. The van der Waals surface area contributed by atoms with Crippen LogP contribution in [0, 0.1) is 5.82 Å². The second-order valence-corrected chi connectivity index (χ2v) is 4.88. The van der Waals surface area contributed by atoms with Crippen LogP contribution in [-0.2, 0) is 11.3 Å². The van der Waals surface area contributed by atoms with Gasteiger partial charge < -0.3 is 9.64 Å². The molecule has 2 aromatic rings. The van der Waals surface area contributed by atoms with Gasteiger partial charge in [-0.25, -0.2) is 4.39 Å². The van der Waals surface area contributed by atoms with Crippen LogP contribution < -0.4 is 9.64 Å². The van der Waals surface area contributed by atoms with E-state index in [0.717, 1.165) is 0 Å². The van der Waals surface area contributed by atoms with Crippen molar-refractivity contribution in [2.45, 2.75) is 6.54 Å². The summed E-state index contributed by atoms with van der Waals surface area (Å²) in [6.45, 7) is 0.286. The smallest absolute Gasteiger partial charge is 0.265 e. The number of carbonyl (C=O) groups excluding carboxylic acids is 1. The molecule has 1 amide bonds. The highest BCUT2D eigenvalue weighted by Gasteiger charge is 2.25. The van der Waals surface area contributed by atoms with Crippen molar-refractivity contribution in [3.8, 4) is 5.75 Å². The number of fused-ring (bicyclic) bond motifs is 1. The van der Waals surface area contributed by atoms with Gasteiger partial charge in [0, 0.05) is 5.02 Å². The van der Waals surface area contributed by atoms with E-state index in [-0.39, 0.29) is 19.1 Å². The number of benzene rings is 2. The molecule has 102 valence electrons. The molecule has 0 aromatic heterocycles. The van der Waals surface area contributed by atoms with E-state index in [9.17, 15) is 9.18 Å². The van der Waals surface area contributed by atoms with Crippen molar-refractivity contribution in [2.75, 3.05) is 11.5 Å². The molecule has 0 atom stereocenters. The first kappa shape index (κ1) is 12.9. The van der Waals surface area contributed by atoms with Gasteiger partial charge in [-0.1, -0.05) is 29.8 Å². The normalized spacial score (nSPS) is 13.9. The average molecular weight is 292 g/mol. The van der Waals surface area contributed by atoms with Gasteiger partial charge in [0.05, 0.1) is 12.2 Å². The Balaban J connectivity index is 1.95. The summed E-state index contributed by atoms with van der Waals surface area (Å²) in [5.41, 5.74) is 1.39. The molecule has 0 unspecified atom stereocenters. The van der Waals surface area contributed by atoms with Gasteiger partial charge in [0.25, 0.3) is 5.91 Å². The largest absolute Gasteiger partial charge is 0.482 e. The Hall–Kier alpha value is -2.07. The van der Waals surface area contributed by atoms with Gasteiger partial charge in [0.2, 0.25) is 0 Å². The Morgan fingerprint density at radius 2 is 2.05 bits per heavy atom. The second kappa shape index (κ2) is 5.13. The molecule has 1 aliphatic heterocycles. The third-order valence-electron chi connectivity index (χ3n) is 3.15. The zero-order chi connectivity index (χ0) is 14.1.